The van der Waals surface area contributed by atoms with Crippen LogP contribution in [-0.2, 0) is 0 Å². The number of nitrogens with zero attached hydrogens (tertiary/aromatic N) is 3. The topological polar surface area (TPSA) is 47.3 Å². The van der Waals surface area contributed by atoms with Crippen LogP contribution >= 0.6 is 0 Å². The van der Waals surface area contributed by atoms with Crippen LogP contribution in [0.5, 0.6) is 0 Å². The maximum Gasteiger partial charge on any atom is 0.159 e. The van der Waals surface area contributed by atoms with Crippen molar-refractivity contribution < 1.29 is 4.79 Å². The van der Waals surface area contributed by atoms with Crippen LogP contribution in [-0.4, -0.2) is 32.0 Å². The van der Waals surface area contributed by atoms with Gasteiger partial charge in [-0.25, -0.2) is 0 Å². The van der Waals surface area contributed by atoms with Crippen molar-refractivity contribution in [2.75, 3.05) is 29.9 Å². The Bertz CT molecular complexity index is 787. The summed E-state index contributed by atoms with van der Waals surface area (Å²) < 4.78 is 0. The fourth-order valence-corrected chi connectivity index (χ4v) is 3.47. The molecular weight excluding hydrogens is 310 g/mol. The number of hydrogen-bond donors (Lipinski definition) is 0. The van der Waals surface area contributed by atoms with E-state index in [2.05, 4.69) is 47.2 Å². The van der Waals surface area contributed by atoms with Gasteiger partial charge in [0.25, 0.3) is 0 Å². The lowest BCUT2D eigenvalue weighted by atomic mass is 10.00. The number of Topliss-reactive ketones (excluding diaryl/α,β-unsaturated/α-hetero) is 1. The van der Waals surface area contributed by atoms with E-state index in [0.717, 1.165) is 31.6 Å². The molecule has 1 aliphatic rings. The molecule has 0 aliphatic carbocycles. The molecule has 4 heteroatoms. The third kappa shape index (κ3) is 3.66. The monoisotopic (exact) mass is 333 g/mol. The van der Waals surface area contributed by atoms with Crippen molar-refractivity contribution in [2.45, 2.75) is 25.8 Å². The summed E-state index contributed by atoms with van der Waals surface area (Å²) in [5.74, 6) is 0.0319. The molecule has 0 bridgehead atoms. The van der Waals surface area contributed by atoms with Gasteiger partial charge in [0.2, 0.25) is 0 Å². The van der Waals surface area contributed by atoms with Gasteiger partial charge < -0.3 is 9.80 Å². The van der Waals surface area contributed by atoms with Gasteiger partial charge in [0, 0.05) is 37.4 Å². The first-order valence-corrected chi connectivity index (χ1v) is 8.68. The maximum absolute atomic E-state index is 11.7. The van der Waals surface area contributed by atoms with Gasteiger partial charge in [0.1, 0.15) is 6.07 Å². The normalized spacial score (nSPS) is 14.8. The van der Waals surface area contributed by atoms with E-state index in [1.54, 1.807) is 19.1 Å². The van der Waals surface area contributed by atoms with Crippen molar-refractivity contribution in [3.8, 4) is 6.07 Å². The SMILES string of the molecule is CC(=O)c1ccc(C#N)c(N2CCC(N(C)c3ccccc3)CC2)c1. The average Bonchev–Trinajstić information content (AvgIpc) is 2.67. The highest BCUT2D eigenvalue weighted by atomic mass is 16.1. The molecule has 1 saturated heterocycles. The van der Waals surface area contributed by atoms with Crippen molar-refractivity contribution in [2.24, 2.45) is 0 Å². The maximum atomic E-state index is 11.7. The highest BCUT2D eigenvalue weighted by Crippen LogP contribution is 2.28. The number of para-hydroxylation sites is 1. The van der Waals surface area contributed by atoms with Gasteiger partial charge in [-0.15, -0.1) is 0 Å². The first kappa shape index (κ1) is 17.0. The molecule has 4 nitrogen and oxygen atoms in total. The molecule has 2 aromatic rings. The van der Waals surface area contributed by atoms with Crippen molar-refractivity contribution >= 4 is 17.2 Å². The van der Waals surface area contributed by atoms with Gasteiger partial charge in [0.15, 0.2) is 5.78 Å². The van der Waals surface area contributed by atoms with E-state index in [4.69, 9.17) is 0 Å². The predicted octanol–water partition coefficient (Wildman–Crippen LogP) is 3.87. The molecule has 0 spiro atoms. The highest BCUT2D eigenvalue weighted by Gasteiger charge is 2.24. The molecule has 128 valence electrons. The molecule has 1 fully saturated rings. The van der Waals surface area contributed by atoms with Crippen LogP contribution in [0, 0.1) is 11.3 Å². The molecule has 3 rings (SSSR count). The Balaban J connectivity index is 1.73. The van der Waals surface area contributed by atoms with Crippen LogP contribution < -0.4 is 9.80 Å². The summed E-state index contributed by atoms with van der Waals surface area (Å²) in [6.07, 6.45) is 2.06. The quantitative estimate of drug-likeness (QED) is 0.797. The number of hydrogen-bond acceptors (Lipinski definition) is 4. The largest absolute Gasteiger partial charge is 0.371 e. The summed E-state index contributed by atoms with van der Waals surface area (Å²) in [5.41, 5.74) is 3.42. The number of anilines is 2. The lowest BCUT2D eigenvalue weighted by Gasteiger charge is -2.39. The van der Waals surface area contributed by atoms with Gasteiger partial charge in [-0.2, -0.15) is 5.26 Å². The number of ketones is 1. The number of rotatable bonds is 4. The number of carbonyl (C=O) groups excluding carboxylic acids is 1. The summed E-state index contributed by atoms with van der Waals surface area (Å²) in [4.78, 5) is 16.2. The molecule has 0 radical (unpaired) electrons. The molecule has 1 aliphatic heterocycles. The molecule has 0 aromatic heterocycles. The van der Waals surface area contributed by atoms with Gasteiger partial charge in [-0.1, -0.05) is 18.2 Å². The van der Waals surface area contributed by atoms with Crippen LogP contribution in [0.15, 0.2) is 48.5 Å². The zero-order valence-electron chi connectivity index (χ0n) is 14.8. The van der Waals surface area contributed by atoms with Crippen molar-refractivity contribution in [3.63, 3.8) is 0 Å². The smallest absolute Gasteiger partial charge is 0.159 e. The molecule has 0 N–H and O–H groups in total. The van der Waals surface area contributed by atoms with E-state index in [-0.39, 0.29) is 5.78 Å². The standard InChI is InChI=1S/C21H23N3O/c1-16(25)17-8-9-18(15-22)21(14-17)24-12-10-20(11-13-24)23(2)19-6-4-3-5-7-19/h3-9,14,20H,10-13H2,1-2H3. The minimum Gasteiger partial charge on any atom is -0.371 e. The van der Waals surface area contributed by atoms with Crippen LogP contribution in [0.4, 0.5) is 11.4 Å². The zero-order chi connectivity index (χ0) is 17.8. The van der Waals surface area contributed by atoms with Crippen LogP contribution in [0.25, 0.3) is 0 Å². The second-order valence-electron chi connectivity index (χ2n) is 6.56. The highest BCUT2D eigenvalue weighted by molar-refractivity contribution is 5.95. The van der Waals surface area contributed by atoms with Gasteiger partial charge in [0.05, 0.1) is 11.3 Å². The van der Waals surface area contributed by atoms with Crippen molar-refractivity contribution in [1.29, 1.82) is 5.26 Å². The molecule has 1 heterocycles. The predicted molar refractivity (Wildman–Crippen MR) is 101 cm³/mol. The van der Waals surface area contributed by atoms with Crippen molar-refractivity contribution in [3.05, 3.63) is 59.7 Å². The fraction of sp³-hybridized carbons (Fsp3) is 0.333. The molecule has 25 heavy (non-hydrogen) atoms. The summed E-state index contributed by atoms with van der Waals surface area (Å²) >= 11 is 0. The Labute approximate surface area is 149 Å². The van der Waals surface area contributed by atoms with Gasteiger partial charge in [-0.05, 0) is 50.1 Å². The number of carbonyl (C=O) groups is 1. The van der Waals surface area contributed by atoms with E-state index in [1.807, 2.05) is 12.1 Å². The molecule has 0 unspecified atom stereocenters. The molecular formula is C21H23N3O. The van der Waals surface area contributed by atoms with E-state index in [9.17, 15) is 10.1 Å². The Kier molecular flexibility index (Phi) is 5.04. The van der Waals surface area contributed by atoms with Gasteiger partial charge >= 0.3 is 0 Å². The molecule has 0 atom stereocenters. The van der Waals surface area contributed by atoms with E-state index in [0.29, 0.717) is 17.2 Å². The van der Waals surface area contributed by atoms with E-state index in [1.165, 1.54) is 5.69 Å². The number of nitriles is 1. The third-order valence-electron chi connectivity index (χ3n) is 5.04. The van der Waals surface area contributed by atoms with Crippen molar-refractivity contribution in [1.82, 2.24) is 0 Å². The summed E-state index contributed by atoms with van der Waals surface area (Å²) in [7, 11) is 2.15. The fourth-order valence-electron chi connectivity index (χ4n) is 3.47. The van der Waals surface area contributed by atoms with Gasteiger partial charge in [-0.3, -0.25) is 4.79 Å². The van der Waals surface area contributed by atoms with E-state index >= 15 is 0 Å². The lowest BCUT2D eigenvalue weighted by molar-refractivity contribution is 0.101. The summed E-state index contributed by atoms with van der Waals surface area (Å²) in [6.45, 7) is 3.34. The summed E-state index contributed by atoms with van der Waals surface area (Å²) in [5, 5.41) is 9.40. The zero-order valence-corrected chi connectivity index (χ0v) is 14.8. The second-order valence-corrected chi connectivity index (χ2v) is 6.56. The van der Waals surface area contributed by atoms with E-state index < -0.39 is 0 Å². The Morgan fingerprint density at radius 2 is 1.84 bits per heavy atom. The van der Waals surface area contributed by atoms with Crippen LogP contribution in [0.3, 0.4) is 0 Å². The molecule has 0 saturated carbocycles. The summed E-state index contributed by atoms with van der Waals surface area (Å²) in [6, 6.07) is 18.5. The van der Waals surface area contributed by atoms with Crippen LogP contribution in [0.2, 0.25) is 0 Å². The Hall–Kier alpha value is -2.80. The Morgan fingerprint density at radius 1 is 1.16 bits per heavy atom. The minimum absolute atomic E-state index is 0.0319. The Morgan fingerprint density at radius 3 is 2.44 bits per heavy atom. The lowest BCUT2D eigenvalue weighted by Crippen LogP contribution is -2.43. The third-order valence-corrected chi connectivity index (χ3v) is 5.04. The first-order chi connectivity index (χ1) is 12.1. The number of piperidine rings is 1. The number of benzene rings is 2. The minimum atomic E-state index is 0.0319. The van der Waals surface area contributed by atoms with Crippen LogP contribution in [0.1, 0.15) is 35.7 Å². The molecule has 2 aromatic carbocycles. The second kappa shape index (κ2) is 7.40. The first-order valence-electron chi connectivity index (χ1n) is 8.68. The molecule has 0 amide bonds. The average molecular weight is 333 g/mol.